The number of ketones is 1. The number of halogens is 1. The van der Waals surface area contributed by atoms with Crippen LogP contribution in [0.3, 0.4) is 0 Å². The lowest BCUT2D eigenvalue weighted by molar-refractivity contribution is 0.0941. The Morgan fingerprint density at radius 2 is 1.68 bits per heavy atom. The summed E-state index contributed by atoms with van der Waals surface area (Å²) < 4.78 is 0.486. The second kappa shape index (κ2) is 7.06. The lowest BCUT2D eigenvalue weighted by Gasteiger charge is -2.08. The predicted molar refractivity (Wildman–Crippen MR) is 85.4 cm³/mol. The fourth-order valence-electron chi connectivity index (χ4n) is 1.56. The van der Waals surface area contributed by atoms with Gasteiger partial charge in [-0.2, -0.15) is 0 Å². The van der Waals surface area contributed by atoms with Gasteiger partial charge in [0.05, 0.1) is 9.21 Å². The Morgan fingerprint density at radius 3 is 2.23 bits per heavy atom. The average molecular weight is 338 g/mol. The topological polar surface area (TPSA) is 87.3 Å². The van der Waals surface area contributed by atoms with Crippen molar-refractivity contribution in [3.8, 4) is 0 Å². The summed E-state index contributed by atoms with van der Waals surface area (Å²) in [4.78, 5) is 34.9. The van der Waals surface area contributed by atoms with Gasteiger partial charge in [0.1, 0.15) is 0 Å². The van der Waals surface area contributed by atoms with Crippen molar-refractivity contribution in [1.82, 2.24) is 10.9 Å². The molecule has 1 aromatic heterocycles. The number of anilines is 1. The van der Waals surface area contributed by atoms with E-state index >= 15 is 0 Å². The van der Waals surface area contributed by atoms with Crippen LogP contribution >= 0.6 is 22.9 Å². The van der Waals surface area contributed by atoms with Gasteiger partial charge in [-0.3, -0.25) is 15.0 Å². The number of benzene rings is 1. The molecule has 3 N–H and O–H groups in total. The molecule has 0 aliphatic heterocycles. The molecule has 22 heavy (non-hydrogen) atoms. The van der Waals surface area contributed by atoms with Crippen molar-refractivity contribution < 1.29 is 14.4 Å². The van der Waals surface area contributed by atoms with Crippen molar-refractivity contribution in [3.63, 3.8) is 0 Å². The molecule has 0 unspecified atom stereocenters. The molecule has 114 valence electrons. The third kappa shape index (κ3) is 4.31. The van der Waals surface area contributed by atoms with Crippen LogP contribution in [0.4, 0.5) is 10.5 Å². The minimum Gasteiger partial charge on any atom is -0.307 e. The maximum Gasteiger partial charge on any atom is 0.337 e. The van der Waals surface area contributed by atoms with E-state index in [-0.39, 0.29) is 5.78 Å². The van der Waals surface area contributed by atoms with Crippen LogP contribution < -0.4 is 16.2 Å². The molecule has 0 saturated heterocycles. The molecule has 0 fully saturated rings. The summed E-state index contributed by atoms with van der Waals surface area (Å²) in [6, 6.07) is 8.94. The number of thiophene rings is 1. The molecule has 8 heteroatoms. The van der Waals surface area contributed by atoms with Gasteiger partial charge in [-0.15, -0.1) is 11.3 Å². The predicted octanol–water partition coefficient (Wildman–Crippen LogP) is 3.07. The number of rotatable bonds is 3. The molecule has 0 atom stereocenters. The number of carbonyl (C=O) groups is 3. The summed E-state index contributed by atoms with van der Waals surface area (Å²) in [6.45, 7) is 1.46. The first-order chi connectivity index (χ1) is 10.5. The van der Waals surface area contributed by atoms with Crippen LogP contribution in [0.15, 0.2) is 36.4 Å². The van der Waals surface area contributed by atoms with Gasteiger partial charge in [0.2, 0.25) is 0 Å². The van der Waals surface area contributed by atoms with E-state index in [4.69, 9.17) is 11.6 Å². The number of nitrogens with one attached hydrogen (secondary N) is 3. The number of amides is 3. The zero-order valence-electron chi connectivity index (χ0n) is 11.5. The second-order valence-electron chi connectivity index (χ2n) is 4.27. The quantitative estimate of drug-likeness (QED) is 0.594. The van der Waals surface area contributed by atoms with Crippen molar-refractivity contribution in [1.29, 1.82) is 0 Å². The summed E-state index contributed by atoms with van der Waals surface area (Å²) in [5.74, 6) is -0.517. The van der Waals surface area contributed by atoms with Gasteiger partial charge < -0.3 is 5.32 Å². The fraction of sp³-hybridized carbons (Fsp3) is 0.0714. The Labute approximate surface area is 135 Å². The van der Waals surface area contributed by atoms with E-state index in [1.807, 2.05) is 0 Å². The van der Waals surface area contributed by atoms with Crippen LogP contribution in [-0.4, -0.2) is 17.7 Å². The van der Waals surface area contributed by atoms with Crippen molar-refractivity contribution in [2.45, 2.75) is 6.92 Å². The van der Waals surface area contributed by atoms with Crippen LogP contribution in [-0.2, 0) is 0 Å². The molecule has 2 aromatic rings. The van der Waals surface area contributed by atoms with Crippen LogP contribution in [0.25, 0.3) is 0 Å². The first kappa shape index (κ1) is 16.0. The summed E-state index contributed by atoms with van der Waals surface area (Å²) in [5.41, 5.74) is 5.53. The third-order valence-corrected chi connectivity index (χ3v) is 3.87. The summed E-state index contributed by atoms with van der Waals surface area (Å²) in [6.07, 6.45) is 0. The third-order valence-electron chi connectivity index (χ3n) is 2.64. The summed E-state index contributed by atoms with van der Waals surface area (Å²) >= 11 is 6.83. The molecule has 0 spiro atoms. The lowest BCUT2D eigenvalue weighted by Crippen LogP contribution is -2.43. The molecule has 1 heterocycles. The summed E-state index contributed by atoms with van der Waals surface area (Å²) in [7, 11) is 0. The second-order valence-corrected chi connectivity index (χ2v) is 5.99. The minimum absolute atomic E-state index is 0.0575. The van der Waals surface area contributed by atoms with Crippen LogP contribution in [0.1, 0.15) is 27.0 Å². The molecule has 6 nitrogen and oxygen atoms in total. The van der Waals surface area contributed by atoms with E-state index in [1.165, 1.54) is 6.92 Å². The Morgan fingerprint density at radius 1 is 1.00 bits per heavy atom. The zero-order valence-corrected chi connectivity index (χ0v) is 13.0. The highest BCUT2D eigenvalue weighted by Crippen LogP contribution is 2.20. The van der Waals surface area contributed by atoms with Crippen LogP contribution in [0.5, 0.6) is 0 Å². The number of carbonyl (C=O) groups excluding carboxylic acids is 3. The largest absolute Gasteiger partial charge is 0.337 e. The van der Waals surface area contributed by atoms with Crippen molar-refractivity contribution in [2.24, 2.45) is 0 Å². The van der Waals surface area contributed by atoms with Crippen LogP contribution in [0.2, 0.25) is 4.34 Å². The Balaban J connectivity index is 1.85. The minimum atomic E-state index is -0.605. The Kier molecular flexibility index (Phi) is 5.13. The van der Waals surface area contributed by atoms with Crippen molar-refractivity contribution >= 4 is 46.3 Å². The molecule has 3 amide bonds. The monoisotopic (exact) mass is 337 g/mol. The molecule has 0 aliphatic rings. The number of hydrogen-bond donors (Lipinski definition) is 3. The van der Waals surface area contributed by atoms with Crippen LogP contribution in [0, 0.1) is 0 Å². The molecular weight excluding hydrogens is 326 g/mol. The van der Waals surface area contributed by atoms with E-state index < -0.39 is 11.9 Å². The van der Waals surface area contributed by atoms with Gasteiger partial charge in [0.25, 0.3) is 5.91 Å². The van der Waals surface area contributed by atoms with E-state index in [0.717, 1.165) is 11.3 Å². The normalized spacial score (nSPS) is 9.91. The highest BCUT2D eigenvalue weighted by molar-refractivity contribution is 7.17. The average Bonchev–Trinajstić information content (AvgIpc) is 2.92. The number of urea groups is 1. The number of Topliss-reactive ketones (excluding diaryl/α,β-unsaturated/α-hetero) is 1. The molecule has 0 saturated carbocycles. The Bertz CT molecular complexity index is 712. The first-order valence-corrected chi connectivity index (χ1v) is 7.39. The molecule has 2 rings (SSSR count). The van der Waals surface area contributed by atoms with Gasteiger partial charge in [0.15, 0.2) is 5.78 Å². The van der Waals surface area contributed by atoms with Gasteiger partial charge in [-0.05, 0) is 43.3 Å². The van der Waals surface area contributed by atoms with Gasteiger partial charge in [-0.25, -0.2) is 10.2 Å². The van der Waals surface area contributed by atoms with Gasteiger partial charge in [-0.1, -0.05) is 11.6 Å². The lowest BCUT2D eigenvalue weighted by atomic mass is 10.1. The highest BCUT2D eigenvalue weighted by atomic mass is 35.5. The maximum absolute atomic E-state index is 11.7. The van der Waals surface area contributed by atoms with Gasteiger partial charge in [0, 0.05) is 11.3 Å². The standard InChI is InChI=1S/C14H12ClN3O3S/c1-8(19)9-2-4-10(5-3-9)16-14(21)18-17-13(20)11-6-7-12(15)22-11/h2-7H,1H3,(H,17,20)(H2,16,18,21). The van der Waals surface area contributed by atoms with Crippen molar-refractivity contribution in [2.75, 3.05) is 5.32 Å². The molecule has 0 bridgehead atoms. The maximum atomic E-state index is 11.7. The number of hydrazine groups is 1. The van der Waals surface area contributed by atoms with E-state index in [0.29, 0.717) is 20.5 Å². The zero-order chi connectivity index (χ0) is 16.1. The van der Waals surface area contributed by atoms with Crippen molar-refractivity contribution in [3.05, 3.63) is 51.2 Å². The first-order valence-electron chi connectivity index (χ1n) is 6.19. The van der Waals surface area contributed by atoms with E-state index in [9.17, 15) is 14.4 Å². The molecule has 0 aliphatic carbocycles. The molecular formula is C14H12ClN3O3S. The summed E-state index contributed by atoms with van der Waals surface area (Å²) in [5, 5.41) is 2.52. The fourth-order valence-corrected chi connectivity index (χ4v) is 2.50. The SMILES string of the molecule is CC(=O)c1ccc(NC(=O)NNC(=O)c2ccc(Cl)s2)cc1. The molecule has 1 aromatic carbocycles. The number of hydrogen-bond acceptors (Lipinski definition) is 4. The Hall–Kier alpha value is -2.38. The van der Waals surface area contributed by atoms with Gasteiger partial charge >= 0.3 is 6.03 Å². The smallest absolute Gasteiger partial charge is 0.307 e. The highest BCUT2D eigenvalue weighted by Gasteiger charge is 2.10. The van der Waals surface area contributed by atoms with E-state index in [2.05, 4.69) is 16.2 Å². The van der Waals surface area contributed by atoms with E-state index in [1.54, 1.807) is 36.4 Å². The molecule has 0 radical (unpaired) electrons.